The summed E-state index contributed by atoms with van der Waals surface area (Å²) in [7, 11) is -4.42. The number of carboxylic acids is 1. The smallest absolute Gasteiger partial charge is 0.338 e. The minimum absolute atomic E-state index is 0.370. The van der Waals surface area contributed by atoms with Crippen molar-refractivity contribution in [3.8, 4) is 0 Å². The molecule has 0 fully saturated rings. The van der Waals surface area contributed by atoms with Crippen molar-refractivity contribution in [3.05, 3.63) is 57.0 Å². The van der Waals surface area contributed by atoms with E-state index in [1.807, 2.05) is 4.72 Å². The molecule has 10 heteroatoms. The standard InChI is InChI=1S/C13H7BrClF2NO4S/c14-6-1-2-11(10(17)3-6)18-23(21,22)12-4-7(13(19)20)9(16)5-8(12)15/h1-5,18H,(H,19,20). The van der Waals surface area contributed by atoms with Gasteiger partial charge in [-0.05, 0) is 30.3 Å². The second kappa shape index (κ2) is 6.42. The SMILES string of the molecule is O=C(O)c1cc(S(=O)(=O)Nc2ccc(Br)cc2F)c(Cl)cc1F. The maximum Gasteiger partial charge on any atom is 0.338 e. The Morgan fingerprint density at radius 2 is 1.83 bits per heavy atom. The molecule has 0 unspecified atom stereocenters. The molecular formula is C13H7BrClF2NO4S. The first kappa shape index (κ1) is 17.6. The van der Waals surface area contributed by atoms with E-state index in [2.05, 4.69) is 15.9 Å². The summed E-state index contributed by atoms with van der Waals surface area (Å²) in [5.74, 6) is -3.71. The number of sulfonamides is 1. The van der Waals surface area contributed by atoms with Gasteiger partial charge in [0, 0.05) is 4.47 Å². The molecule has 2 rings (SSSR count). The number of benzene rings is 2. The Balaban J connectivity index is 2.51. The van der Waals surface area contributed by atoms with E-state index in [0.717, 1.165) is 12.1 Å². The van der Waals surface area contributed by atoms with Crippen molar-refractivity contribution in [2.75, 3.05) is 4.72 Å². The van der Waals surface area contributed by atoms with Gasteiger partial charge < -0.3 is 5.11 Å². The Kier molecular flexibility index (Phi) is 4.92. The predicted molar refractivity (Wildman–Crippen MR) is 83.3 cm³/mol. The van der Waals surface area contributed by atoms with Gasteiger partial charge in [0.15, 0.2) is 0 Å². The average molecular weight is 427 g/mol. The van der Waals surface area contributed by atoms with Gasteiger partial charge in [0.25, 0.3) is 10.0 Å². The normalized spacial score (nSPS) is 11.3. The van der Waals surface area contributed by atoms with Crippen LogP contribution in [0.4, 0.5) is 14.5 Å². The number of carboxylic acid groups (broad SMARTS) is 1. The highest BCUT2D eigenvalue weighted by molar-refractivity contribution is 9.10. The third-order valence-corrected chi connectivity index (χ3v) is 5.04. The van der Waals surface area contributed by atoms with E-state index in [1.165, 1.54) is 6.07 Å². The monoisotopic (exact) mass is 425 g/mol. The molecule has 0 aliphatic rings. The number of anilines is 1. The highest BCUT2D eigenvalue weighted by atomic mass is 79.9. The molecule has 0 aliphatic heterocycles. The van der Waals surface area contributed by atoms with Crippen LogP contribution in [0.2, 0.25) is 5.02 Å². The molecule has 0 saturated heterocycles. The highest BCUT2D eigenvalue weighted by Gasteiger charge is 2.24. The quantitative estimate of drug-likeness (QED) is 0.777. The van der Waals surface area contributed by atoms with Crippen LogP contribution >= 0.6 is 27.5 Å². The minimum Gasteiger partial charge on any atom is -0.478 e. The Labute approximate surface area is 143 Å². The summed E-state index contributed by atoms with van der Waals surface area (Å²) in [4.78, 5) is 10.2. The van der Waals surface area contributed by atoms with Crippen LogP contribution in [0.15, 0.2) is 39.7 Å². The molecule has 2 N–H and O–H groups in total. The zero-order valence-electron chi connectivity index (χ0n) is 11.0. The van der Waals surface area contributed by atoms with Crippen LogP contribution in [-0.2, 0) is 10.0 Å². The molecule has 0 heterocycles. The molecule has 0 spiro atoms. The number of hydrogen-bond donors (Lipinski definition) is 2. The van der Waals surface area contributed by atoms with Gasteiger partial charge in [-0.15, -0.1) is 0 Å². The van der Waals surface area contributed by atoms with Gasteiger partial charge in [0.1, 0.15) is 16.5 Å². The molecule has 0 amide bonds. The van der Waals surface area contributed by atoms with Crippen molar-refractivity contribution in [1.82, 2.24) is 0 Å². The Hall–Kier alpha value is -1.71. The van der Waals surface area contributed by atoms with E-state index < -0.39 is 43.1 Å². The van der Waals surface area contributed by atoms with Crippen molar-refractivity contribution in [2.24, 2.45) is 0 Å². The Bertz CT molecular complexity index is 905. The second-order valence-electron chi connectivity index (χ2n) is 4.30. The van der Waals surface area contributed by atoms with Gasteiger partial charge in [0.05, 0.1) is 16.3 Å². The first-order valence-electron chi connectivity index (χ1n) is 5.82. The first-order chi connectivity index (χ1) is 10.6. The van der Waals surface area contributed by atoms with Gasteiger partial charge in [-0.3, -0.25) is 4.72 Å². The van der Waals surface area contributed by atoms with Gasteiger partial charge in [-0.25, -0.2) is 22.0 Å². The summed E-state index contributed by atoms with van der Waals surface area (Å²) in [6.07, 6.45) is 0. The van der Waals surface area contributed by atoms with Gasteiger partial charge >= 0.3 is 5.97 Å². The number of carbonyl (C=O) groups is 1. The molecule has 2 aromatic rings. The zero-order valence-corrected chi connectivity index (χ0v) is 14.1. The molecule has 0 saturated carbocycles. The minimum atomic E-state index is -4.42. The van der Waals surface area contributed by atoms with Crippen LogP contribution in [-0.4, -0.2) is 19.5 Å². The molecule has 0 aromatic heterocycles. The molecule has 2 aromatic carbocycles. The van der Waals surface area contributed by atoms with Crippen molar-refractivity contribution in [3.63, 3.8) is 0 Å². The molecule has 23 heavy (non-hydrogen) atoms. The van der Waals surface area contributed by atoms with Crippen LogP contribution in [0.3, 0.4) is 0 Å². The van der Waals surface area contributed by atoms with E-state index in [4.69, 9.17) is 16.7 Å². The fourth-order valence-corrected chi connectivity index (χ4v) is 3.61. The predicted octanol–water partition coefficient (Wildman–Crippen LogP) is 3.88. The zero-order chi connectivity index (χ0) is 17.4. The summed E-state index contributed by atoms with van der Waals surface area (Å²) in [6, 6.07) is 4.73. The van der Waals surface area contributed by atoms with E-state index in [1.54, 1.807) is 0 Å². The lowest BCUT2D eigenvalue weighted by Gasteiger charge is -2.11. The van der Waals surface area contributed by atoms with Crippen LogP contribution in [0, 0.1) is 11.6 Å². The van der Waals surface area contributed by atoms with Crippen LogP contribution in [0.25, 0.3) is 0 Å². The largest absolute Gasteiger partial charge is 0.478 e. The number of hydrogen-bond acceptors (Lipinski definition) is 3. The van der Waals surface area contributed by atoms with Crippen molar-refractivity contribution in [2.45, 2.75) is 4.90 Å². The van der Waals surface area contributed by atoms with Crippen LogP contribution in [0.5, 0.6) is 0 Å². The van der Waals surface area contributed by atoms with Gasteiger partial charge in [-0.2, -0.15) is 0 Å². The summed E-state index contributed by atoms with van der Waals surface area (Å²) in [6.45, 7) is 0. The van der Waals surface area contributed by atoms with E-state index in [-0.39, 0.29) is 5.69 Å². The highest BCUT2D eigenvalue weighted by Crippen LogP contribution is 2.28. The summed E-state index contributed by atoms with van der Waals surface area (Å²) in [5, 5.41) is 8.32. The Morgan fingerprint density at radius 3 is 2.39 bits per heavy atom. The molecule has 0 aliphatic carbocycles. The number of rotatable bonds is 4. The summed E-state index contributed by atoms with van der Waals surface area (Å²) in [5.41, 5.74) is -1.24. The molecule has 5 nitrogen and oxygen atoms in total. The molecular weight excluding hydrogens is 420 g/mol. The summed E-state index contributed by atoms with van der Waals surface area (Å²) >= 11 is 8.69. The van der Waals surface area contributed by atoms with Crippen molar-refractivity contribution in [1.29, 1.82) is 0 Å². The fourth-order valence-electron chi connectivity index (χ4n) is 1.67. The third kappa shape index (κ3) is 3.80. The summed E-state index contributed by atoms with van der Waals surface area (Å²) < 4.78 is 54.0. The van der Waals surface area contributed by atoms with Gasteiger partial charge in [-0.1, -0.05) is 27.5 Å². The van der Waals surface area contributed by atoms with Gasteiger partial charge in [0.2, 0.25) is 0 Å². The fraction of sp³-hybridized carbons (Fsp3) is 0. The van der Waals surface area contributed by atoms with Crippen molar-refractivity contribution < 1.29 is 27.1 Å². The maximum absolute atomic E-state index is 13.7. The van der Waals surface area contributed by atoms with E-state index in [0.29, 0.717) is 16.6 Å². The molecule has 0 bridgehead atoms. The van der Waals surface area contributed by atoms with Crippen molar-refractivity contribution >= 4 is 49.2 Å². The average Bonchev–Trinajstić information content (AvgIpc) is 2.41. The topological polar surface area (TPSA) is 83.5 Å². The number of nitrogens with one attached hydrogen (secondary N) is 1. The van der Waals surface area contributed by atoms with E-state index in [9.17, 15) is 22.0 Å². The molecule has 0 atom stereocenters. The van der Waals surface area contributed by atoms with E-state index >= 15 is 0 Å². The Morgan fingerprint density at radius 1 is 1.17 bits per heavy atom. The molecule has 0 radical (unpaired) electrons. The number of aromatic carboxylic acids is 1. The lowest BCUT2D eigenvalue weighted by molar-refractivity contribution is 0.0691. The lowest BCUT2D eigenvalue weighted by atomic mass is 10.2. The number of halogens is 4. The first-order valence-corrected chi connectivity index (χ1v) is 8.47. The molecule has 122 valence electrons. The maximum atomic E-state index is 13.7. The van der Waals surface area contributed by atoms with Crippen LogP contribution in [0.1, 0.15) is 10.4 Å². The second-order valence-corrected chi connectivity index (χ2v) is 7.27. The lowest BCUT2D eigenvalue weighted by Crippen LogP contribution is -2.16. The third-order valence-electron chi connectivity index (χ3n) is 2.72. The van der Waals surface area contributed by atoms with Crippen LogP contribution < -0.4 is 4.72 Å².